The predicted octanol–water partition coefficient (Wildman–Crippen LogP) is 5.31. The van der Waals surface area contributed by atoms with Crippen LogP contribution in [0.4, 0.5) is 4.39 Å². The molecule has 0 saturated heterocycles. The summed E-state index contributed by atoms with van der Waals surface area (Å²) in [6, 6.07) is 11.6. The quantitative estimate of drug-likeness (QED) is 0.442. The predicted molar refractivity (Wildman–Crippen MR) is 119 cm³/mol. The van der Waals surface area contributed by atoms with E-state index in [1.165, 1.54) is 18.3 Å². The summed E-state index contributed by atoms with van der Waals surface area (Å²) in [4.78, 5) is 17.4. The topological polar surface area (TPSA) is 59.3 Å². The molecular weight excluding hydrogens is 438 g/mol. The first-order valence-electron chi connectivity index (χ1n) is 9.64. The summed E-state index contributed by atoms with van der Waals surface area (Å²) < 4.78 is 15.0. The van der Waals surface area contributed by atoms with Crippen LogP contribution in [0.15, 0.2) is 48.7 Å². The van der Waals surface area contributed by atoms with Gasteiger partial charge in [-0.25, -0.2) is 13.9 Å². The number of rotatable bonds is 5. The van der Waals surface area contributed by atoms with Gasteiger partial charge in [-0.3, -0.25) is 4.79 Å². The zero-order chi connectivity index (χ0) is 22.1. The first-order valence-corrected chi connectivity index (χ1v) is 10.4. The largest absolute Gasteiger partial charge is 0.348 e. The monoisotopic (exact) mass is 456 g/mol. The lowest BCUT2D eigenvalue weighted by atomic mass is 10.0. The number of aromatic nitrogens is 3. The summed E-state index contributed by atoms with van der Waals surface area (Å²) in [5.74, 6) is -0.636. The number of carbonyl (C=O) groups is 1. The Morgan fingerprint density at radius 2 is 1.87 bits per heavy atom. The SMILES string of the molecule is Cc1nc2c(C(=O)NCc3ccc(Cl)cc3)cnn2c(C)c1Cc1ccc(F)cc1Cl. The number of aryl methyl sites for hydroxylation is 2. The Kier molecular flexibility index (Phi) is 5.94. The van der Waals surface area contributed by atoms with E-state index < -0.39 is 0 Å². The molecule has 0 radical (unpaired) electrons. The van der Waals surface area contributed by atoms with Crippen molar-refractivity contribution >= 4 is 34.8 Å². The van der Waals surface area contributed by atoms with Crippen LogP contribution >= 0.6 is 23.2 Å². The highest BCUT2D eigenvalue weighted by atomic mass is 35.5. The van der Waals surface area contributed by atoms with Gasteiger partial charge in [0, 0.05) is 34.4 Å². The smallest absolute Gasteiger partial charge is 0.257 e. The van der Waals surface area contributed by atoms with E-state index in [1.807, 2.05) is 26.0 Å². The molecule has 0 spiro atoms. The number of benzene rings is 2. The average Bonchev–Trinajstić information content (AvgIpc) is 3.16. The van der Waals surface area contributed by atoms with Crippen LogP contribution in [0.3, 0.4) is 0 Å². The maximum Gasteiger partial charge on any atom is 0.257 e. The van der Waals surface area contributed by atoms with Crippen molar-refractivity contribution in [3.05, 3.63) is 98.2 Å². The van der Waals surface area contributed by atoms with Gasteiger partial charge in [-0.2, -0.15) is 5.10 Å². The van der Waals surface area contributed by atoms with E-state index in [9.17, 15) is 9.18 Å². The molecule has 0 aliphatic heterocycles. The number of carbonyl (C=O) groups excluding carboxylic acids is 1. The summed E-state index contributed by atoms with van der Waals surface area (Å²) in [5.41, 5.74) is 5.15. The molecule has 5 nitrogen and oxygen atoms in total. The average molecular weight is 457 g/mol. The van der Waals surface area contributed by atoms with Crippen LogP contribution in [0.25, 0.3) is 5.65 Å². The van der Waals surface area contributed by atoms with Gasteiger partial charge in [-0.1, -0.05) is 41.4 Å². The molecule has 158 valence electrons. The van der Waals surface area contributed by atoms with Crippen molar-refractivity contribution in [3.63, 3.8) is 0 Å². The third kappa shape index (κ3) is 4.40. The minimum Gasteiger partial charge on any atom is -0.348 e. The van der Waals surface area contributed by atoms with Crippen LogP contribution in [-0.2, 0) is 13.0 Å². The number of nitrogens with zero attached hydrogens (tertiary/aromatic N) is 3. The second kappa shape index (κ2) is 8.65. The Bertz CT molecular complexity index is 1290. The Morgan fingerprint density at radius 1 is 1.13 bits per heavy atom. The van der Waals surface area contributed by atoms with Gasteiger partial charge in [0.25, 0.3) is 5.91 Å². The molecule has 0 unspecified atom stereocenters. The molecule has 0 bridgehead atoms. The molecule has 4 aromatic rings. The van der Waals surface area contributed by atoms with Crippen molar-refractivity contribution < 1.29 is 9.18 Å². The fourth-order valence-electron chi connectivity index (χ4n) is 3.46. The standard InChI is InChI=1S/C23H19Cl2FN4O/c1-13-19(9-16-5-8-18(26)10-21(16)25)14(2)30-22(29-13)20(12-28-30)23(31)27-11-15-3-6-17(24)7-4-15/h3-8,10,12H,9,11H2,1-2H3,(H,27,31). The number of nitrogens with one attached hydrogen (secondary N) is 1. The molecule has 2 heterocycles. The number of amides is 1. The number of hydrogen-bond acceptors (Lipinski definition) is 3. The summed E-state index contributed by atoms with van der Waals surface area (Å²) in [5, 5.41) is 8.27. The van der Waals surface area contributed by atoms with Crippen molar-refractivity contribution in [2.45, 2.75) is 26.8 Å². The molecule has 2 aromatic heterocycles. The van der Waals surface area contributed by atoms with Crippen LogP contribution in [0, 0.1) is 19.7 Å². The van der Waals surface area contributed by atoms with Crippen molar-refractivity contribution in [2.75, 3.05) is 0 Å². The molecule has 31 heavy (non-hydrogen) atoms. The Morgan fingerprint density at radius 3 is 2.58 bits per heavy atom. The first-order chi connectivity index (χ1) is 14.8. The zero-order valence-electron chi connectivity index (χ0n) is 16.9. The van der Waals surface area contributed by atoms with E-state index in [2.05, 4.69) is 15.4 Å². The maximum atomic E-state index is 13.4. The van der Waals surface area contributed by atoms with Gasteiger partial charge in [0.2, 0.25) is 0 Å². The molecule has 1 N–H and O–H groups in total. The summed E-state index contributed by atoms with van der Waals surface area (Å²) in [6.45, 7) is 4.16. The van der Waals surface area contributed by atoms with Gasteiger partial charge in [0.15, 0.2) is 5.65 Å². The van der Waals surface area contributed by atoms with Gasteiger partial charge >= 0.3 is 0 Å². The van der Waals surface area contributed by atoms with E-state index in [0.29, 0.717) is 34.2 Å². The third-order valence-electron chi connectivity index (χ3n) is 5.20. The van der Waals surface area contributed by atoms with Gasteiger partial charge in [-0.15, -0.1) is 0 Å². The Balaban J connectivity index is 1.61. The molecule has 0 saturated carbocycles. The van der Waals surface area contributed by atoms with Crippen molar-refractivity contribution in [1.82, 2.24) is 19.9 Å². The van der Waals surface area contributed by atoms with Crippen LogP contribution in [0.2, 0.25) is 10.0 Å². The summed E-state index contributed by atoms with van der Waals surface area (Å²) >= 11 is 12.1. The van der Waals surface area contributed by atoms with E-state index in [-0.39, 0.29) is 11.7 Å². The third-order valence-corrected chi connectivity index (χ3v) is 5.81. The van der Waals surface area contributed by atoms with Gasteiger partial charge in [-0.05, 0) is 54.8 Å². The fraction of sp³-hybridized carbons (Fsp3) is 0.174. The Labute approximate surface area is 188 Å². The zero-order valence-corrected chi connectivity index (χ0v) is 18.4. The van der Waals surface area contributed by atoms with Crippen LogP contribution in [-0.4, -0.2) is 20.5 Å². The highest BCUT2D eigenvalue weighted by molar-refractivity contribution is 6.31. The minimum atomic E-state index is -0.378. The highest BCUT2D eigenvalue weighted by Crippen LogP contribution is 2.25. The lowest BCUT2D eigenvalue weighted by Crippen LogP contribution is -2.23. The number of hydrogen-bond donors (Lipinski definition) is 1. The van der Waals surface area contributed by atoms with E-state index in [1.54, 1.807) is 22.7 Å². The molecular formula is C23H19Cl2FN4O. The number of halogens is 3. The second-order valence-corrected chi connectivity index (χ2v) is 8.12. The maximum absolute atomic E-state index is 13.4. The molecule has 4 rings (SSSR count). The molecule has 8 heteroatoms. The van der Waals surface area contributed by atoms with E-state index in [0.717, 1.165) is 28.1 Å². The number of fused-ring (bicyclic) bond motifs is 1. The second-order valence-electron chi connectivity index (χ2n) is 7.28. The van der Waals surface area contributed by atoms with Crippen LogP contribution in [0.1, 0.15) is 38.4 Å². The molecule has 2 aromatic carbocycles. The van der Waals surface area contributed by atoms with E-state index >= 15 is 0 Å². The van der Waals surface area contributed by atoms with Crippen LogP contribution in [0.5, 0.6) is 0 Å². The lowest BCUT2D eigenvalue weighted by Gasteiger charge is -2.13. The van der Waals surface area contributed by atoms with Gasteiger partial charge in [0.1, 0.15) is 11.4 Å². The first kappa shape index (κ1) is 21.3. The van der Waals surface area contributed by atoms with Crippen molar-refractivity contribution in [2.24, 2.45) is 0 Å². The summed E-state index contributed by atoms with van der Waals surface area (Å²) in [7, 11) is 0. The van der Waals surface area contributed by atoms with Crippen LogP contribution < -0.4 is 5.32 Å². The van der Waals surface area contributed by atoms with Crippen molar-refractivity contribution in [1.29, 1.82) is 0 Å². The molecule has 0 aliphatic carbocycles. The molecule has 0 fully saturated rings. The van der Waals surface area contributed by atoms with Gasteiger partial charge in [0.05, 0.1) is 6.20 Å². The minimum absolute atomic E-state index is 0.259. The Hall–Kier alpha value is -2.96. The van der Waals surface area contributed by atoms with E-state index in [4.69, 9.17) is 23.2 Å². The van der Waals surface area contributed by atoms with Gasteiger partial charge < -0.3 is 5.32 Å². The molecule has 0 aliphatic rings. The molecule has 0 atom stereocenters. The fourth-order valence-corrected chi connectivity index (χ4v) is 3.82. The van der Waals surface area contributed by atoms with Crippen molar-refractivity contribution in [3.8, 4) is 0 Å². The molecule has 1 amide bonds. The normalized spacial score (nSPS) is 11.1. The lowest BCUT2D eigenvalue weighted by molar-refractivity contribution is 0.0952. The summed E-state index contributed by atoms with van der Waals surface area (Å²) in [6.07, 6.45) is 2.00. The highest BCUT2D eigenvalue weighted by Gasteiger charge is 2.19.